The van der Waals surface area contributed by atoms with E-state index in [2.05, 4.69) is 33.1 Å². The van der Waals surface area contributed by atoms with Crippen molar-refractivity contribution in [3.63, 3.8) is 0 Å². The zero-order valence-corrected chi connectivity index (χ0v) is 14.0. The minimum atomic E-state index is 0.0482. The Morgan fingerprint density at radius 3 is 2.87 bits per heavy atom. The summed E-state index contributed by atoms with van der Waals surface area (Å²) in [5, 5.41) is 8.77. The highest BCUT2D eigenvalue weighted by Crippen LogP contribution is 2.28. The number of fused-ring (bicyclic) bond motifs is 1. The summed E-state index contributed by atoms with van der Waals surface area (Å²) in [5.74, 6) is 1.27. The van der Waals surface area contributed by atoms with Crippen LogP contribution in [-0.4, -0.2) is 71.7 Å². The van der Waals surface area contributed by atoms with Crippen LogP contribution in [0.2, 0.25) is 0 Å². The molecule has 2 fully saturated rings. The largest absolute Gasteiger partial charge is 0.352 e. The van der Waals surface area contributed by atoms with Gasteiger partial charge >= 0.3 is 0 Å². The molecule has 1 amide bonds. The molecule has 124 valence electrons. The average molecular weight is 315 g/mol. The fourth-order valence-electron chi connectivity index (χ4n) is 4.01. The first-order chi connectivity index (χ1) is 11.1. The molecule has 4 rings (SSSR count). The molecule has 1 aromatic rings. The zero-order valence-electron chi connectivity index (χ0n) is 14.0. The summed E-state index contributed by atoms with van der Waals surface area (Å²) in [5.41, 5.74) is 2.55. The fraction of sp³-hybridized carbons (Fsp3) is 0.706. The van der Waals surface area contributed by atoms with Gasteiger partial charge in [-0.05, 0) is 50.8 Å². The van der Waals surface area contributed by atoms with Crippen molar-refractivity contribution in [2.24, 2.45) is 0 Å². The second-order valence-corrected chi connectivity index (χ2v) is 7.17. The molecule has 0 N–H and O–H groups in total. The number of likely N-dealkylation sites (tertiary alicyclic amines) is 1. The van der Waals surface area contributed by atoms with Crippen molar-refractivity contribution in [3.8, 4) is 0 Å². The van der Waals surface area contributed by atoms with Gasteiger partial charge in [-0.15, -0.1) is 5.10 Å². The third kappa shape index (κ3) is 2.59. The van der Waals surface area contributed by atoms with Crippen molar-refractivity contribution in [3.05, 3.63) is 17.3 Å². The van der Waals surface area contributed by atoms with Gasteiger partial charge in [0.05, 0.1) is 11.7 Å². The molecule has 6 nitrogen and oxygen atoms in total. The Kier molecular flexibility index (Phi) is 3.71. The Bertz CT molecular complexity index is 613. The molecule has 1 unspecified atom stereocenters. The molecule has 0 spiro atoms. The number of hydrogen-bond donors (Lipinski definition) is 0. The molecule has 3 heterocycles. The summed E-state index contributed by atoms with van der Waals surface area (Å²) in [6.07, 6.45) is 5.50. The number of aromatic nitrogens is 2. The van der Waals surface area contributed by atoms with Crippen molar-refractivity contribution in [1.82, 2.24) is 20.0 Å². The summed E-state index contributed by atoms with van der Waals surface area (Å²) in [6.45, 7) is 2.78. The molecule has 1 aromatic heterocycles. The summed E-state index contributed by atoms with van der Waals surface area (Å²) in [4.78, 5) is 18.8. The standard InChI is InChI=1S/C17H25N5O/c1-20-8-4-7-15(17(20)23)21(2)13-10-22(11-13)16-9-12-5-3-6-14(12)18-19-16/h9,13,15H,3-8,10-11H2,1-2H3. The lowest BCUT2D eigenvalue weighted by Gasteiger charge is -2.48. The highest BCUT2D eigenvalue weighted by molar-refractivity contribution is 5.82. The molecule has 2 aliphatic heterocycles. The van der Waals surface area contributed by atoms with Gasteiger partial charge in [-0.2, -0.15) is 5.10 Å². The van der Waals surface area contributed by atoms with E-state index in [1.165, 1.54) is 17.7 Å². The predicted octanol–water partition coefficient (Wildman–Crippen LogP) is 0.706. The van der Waals surface area contributed by atoms with Crippen LogP contribution in [0.4, 0.5) is 5.82 Å². The average Bonchev–Trinajstić information content (AvgIpc) is 2.96. The van der Waals surface area contributed by atoms with Gasteiger partial charge in [-0.3, -0.25) is 9.69 Å². The van der Waals surface area contributed by atoms with E-state index >= 15 is 0 Å². The molecule has 23 heavy (non-hydrogen) atoms. The predicted molar refractivity (Wildman–Crippen MR) is 88.5 cm³/mol. The smallest absolute Gasteiger partial charge is 0.239 e. The van der Waals surface area contributed by atoms with Crippen molar-refractivity contribution < 1.29 is 4.79 Å². The van der Waals surface area contributed by atoms with Gasteiger partial charge in [-0.1, -0.05) is 0 Å². The van der Waals surface area contributed by atoms with Crippen molar-refractivity contribution in [1.29, 1.82) is 0 Å². The highest BCUT2D eigenvalue weighted by atomic mass is 16.2. The number of carbonyl (C=O) groups excluding carboxylic acids is 1. The normalized spacial score (nSPS) is 25.0. The van der Waals surface area contributed by atoms with Gasteiger partial charge in [0.15, 0.2) is 5.82 Å². The quantitative estimate of drug-likeness (QED) is 0.822. The van der Waals surface area contributed by atoms with E-state index in [9.17, 15) is 4.79 Å². The van der Waals surface area contributed by atoms with Crippen LogP contribution < -0.4 is 4.90 Å². The van der Waals surface area contributed by atoms with E-state index < -0.39 is 0 Å². The topological polar surface area (TPSA) is 52.6 Å². The van der Waals surface area contributed by atoms with E-state index in [1.807, 2.05) is 11.9 Å². The van der Waals surface area contributed by atoms with E-state index in [0.717, 1.165) is 51.1 Å². The lowest BCUT2D eigenvalue weighted by Crippen LogP contribution is -2.64. The van der Waals surface area contributed by atoms with Crippen LogP contribution in [0.25, 0.3) is 0 Å². The van der Waals surface area contributed by atoms with Crippen molar-refractivity contribution in [2.75, 3.05) is 38.6 Å². The molecule has 0 aromatic carbocycles. The van der Waals surface area contributed by atoms with E-state index in [-0.39, 0.29) is 11.9 Å². The summed E-state index contributed by atoms with van der Waals surface area (Å²) >= 11 is 0. The van der Waals surface area contributed by atoms with E-state index in [0.29, 0.717) is 6.04 Å². The maximum absolute atomic E-state index is 12.3. The van der Waals surface area contributed by atoms with Crippen LogP contribution in [0.15, 0.2) is 6.07 Å². The number of piperidine rings is 1. The van der Waals surface area contributed by atoms with Gasteiger partial charge < -0.3 is 9.80 Å². The van der Waals surface area contributed by atoms with Gasteiger partial charge in [0.2, 0.25) is 5.91 Å². The molecule has 0 radical (unpaired) electrons. The third-order valence-electron chi connectivity index (χ3n) is 5.69. The summed E-state index contributed by atoms with van der Waals surface area (Å²) < 4.78 is 0. The fourth-order valence-corrected chi connectivity index (χ4v) is 4.01. The summed E-state index contributed by atoms with van der Waals surface area (Å²) in [6, 6.07) is 2.70. The number of aryl methyl sites for hydroxylation is 2. The number of hydrogen-bond acceptors (Lipinski definition) is 5. The van der Waals surface area contributed by atoms with Crippen molar-refractivity contribution >= 4 is 11.7 Å². The van der Waals surface area contributed by atoms with Crippen LogP contribution in [0.1, 0.15) is 30.5 Å². The second-order valence-electron chi connectivity index (χ2n) is 7.17. The molecule has 1 atom stereocenters. The molecule has 1 aliphatic carbocycles. The number of nitrogens with zero attached hydrogens (tertiary/aromatic N) is 5. The molecule has 3 aliphatic rings. The molecular weight excluding hydrogens is 290 g/mol. The van der Waals surface area contributed by atoms with Crippen LogP contribution in [0.3, 0.4) is 0 Å². The maximum atomic E-state index is 12.3. The number of anilines is 1. The van der Waals surface area contributed by atoms with E-state index in [4.69, 9.17) is 0 Å². The van der Waals surface area contributed by atoms with Gasteiger partial charge in [0.25, 0.3) is 0 Å². The Balaban J connectivity index is 1.38. The molecule has 2 saturated heterocycles. The van der Waals surface area contributed by atoms with Crippen LogP contribution in [0, 0.1) is 0 Å². The van der Waals surface area contributed by atoms with Gasteiger partial charge in [-0.25, -0.2) is 0 Å². The zero-order chi connectivity index (χ0) is 16.0. The number of amides is 1. The van der Waals surface area contributed by atoms with Gasteiger partial charge in [0, 0.05) is 32.7 Å². The Hall–Kier alpha value is -1.69. The first-order valence-corrected chi connectivity index (χ1v) is 8.71. The Morgan fingerprint density at radius 1 is 1.22 bits per heavy atom. The second kappa shape index (κ2) is 5.74. The summed E-state index contributed by atoms with van der Waals surface area (Å²) in [7, 11) is 4.01. The lowest BCUT2D eigenvalue weighted by atomic mass is 9.99. The van der Waals surface area contributed by atoms with E-state index in [1.54, 1.807) is 0 Å². The highest BCUT2D eigenvalue weighted by Gasteiger charge is 2.38. The molecular formula is C17H25N5O. The first-order valence-electron chi connectivity index (χ1n) is 8.71. The Labute approximate surface area is 137 Å². The molecule has 0 bridgehead atoms. The first kappa shape index (κ1) is 14.9. The minimum absolute atomic E-state index is 0.0482. The third-order valence-corrected chi connectivity index (χ3v) is 5.69. The minimum Gasteiger partial charge on any atom is -0.352 e. The number of rotatable bonds is 3. The lowest BCUT2D eigenvalue weighted by molar-refractivity contribution is -0.139. The van der Waals surface area contributed by atoms with Crippen molar-refractivity contribution in [2.45, 2.75) is 44.2 Å². The Morgan fingerprint density at radius 2 is 2.04 bits per heavy atom. The number of carbonyl (C=O) groups is 1. The van der Waals surface area contributed by atoms with Crippen LogP contribution in [-0.2, 0) is 17.6 Å². The maximum Gasteiger partial charge on any atom is 0.239 e. The van der Waals surface area contributed by atoms with Crippen LogP contribution >= 0.6 is 0 Å². The molecule has 6 heteroatoms. The van der Waals surface area contributed by atoms with Gasteiger partial charge in [0.1, 0.15) is 0 Å². The van der Waals surface area contributed by atoms with Crippen LogP contribution in [0.5, 0.6) is 0 Å². The SMILES string of the molecule is CN1CCCC(N(C)C2CN(c3cc4c(nn3)CCC4)C2)C1=O. The number of likely N-dealkylation sites (N-methyl/N-ethyl adjacent to an activating group) is 2. The molecule has 0 saturated carbocycles. The monoisotopic (exact) mass is 315 g/mol.